The first kappa shape index (κ1) is 30.1. The van der Waals surface area contributed by atoms with Crippen molar-refractivity contribution < 1.29 is 4.42 Å². The number of nitrogens with zero attached hydrogens (tertiary/aromatic N) is 2. The summed E-state index contributed by atoms with van der Waals surface area (Å²) in [5.74, 6) is 0. The second-order valence-corrected chi connectivity index (χ2v) is 14.5. The number of furan rings is 1. The molecule has 3 heterocycles. The van der Waals surface area contributed by atoms with Gasteiger partial charge in [-0.05, 0) is 88.8 Å². The van der Waals surface area contributed by atoms with E-state index in [1.807, 2.05) is 6.07 Å². The van der Waals surface area contributed by atoms with Gasteiger partial charge in [-0.3, -0.25) is 0 Å². The molecule has 0 unspecified atom stereocenters. The molecule has 12 rings (SSSR count). The fourth-order valence-electron chi connectivity index (χ4n) is 9.02. The summed E-state index contributed by atoms with van der Waals surface area (Å²) in [6, 6.07) is 70.3. The van der Waals surface area contributed by atoms with Gasteiger partial charge in [0.2, 0.25) is 0 Å². The van der Waals surface area contributed by atoms with Gasteiger partial charge >= 0.3 is 0 Å². The van der Waals surface area contributed by atoms with Gasteiger partial charge in [0.05, 0.1) is 27.8 Å². The lowest BCUT2D eigenvalue weighted by atomic mass is 9.98. The molecule has 3 aromatic heterocycles. The van der Waals surface area contributed by atoms with Crippen molar-refractivity contribution in [2.45, 2.75) is 0 Å². The highest BCUT2D eigenvalue weighted by Gasteiger charge is 2.19. The molecule has 256 valence electrons. The Morgan fingerprint density at radius 3 is 1.67 bits per heavy atom. The number of para-hydroxylation sites is 4. The minimum absolute atomic E-state index is 0.909. The Kier molecular flexibility index (Phi) is 6.34. The highest BCUT2D eigenvalue weighted by molar-refractivity contribution is 6.15. The Hall–Kier alpha value is -7.36. The van der Waals surface area contributed by atoms with E-state index in [0.29, 0.717) is 0 Å². The van der Waals surface area contributed by atoms with Crippen LogP contribution >= 0.6 is 0 Å². The Morgan fingerprint density at radius 1 is 0.327 bits per heavy atom. The fraction of sp³-hybridized carbons (Fsp3) is 0. The van der Waals surface area contributed by atoms with Gasteiger partial charge < -0.3 is 13.6 Å². The molecule has 0 fully saturated rings. The number of benzene rings is 9. The van der Waals surface area contributed by atoms with Gasteiger partial charge in [-0.25, -0.2) is 0 Å². The molecule has 0 atom stereocenters. The first-order chi connectivity index (χ1) is 27.3. The summed E-state index contributed by atoms with van der Waals surface area (Å²) in [6.07, 6.45) is 0. The first-order valence-corrected chi connectivity index (χ1v) is 18.8. The second-order valence-electron chi connectivity index (χ2n) is 14.5. The van der Waals surface area contributed by atoms with Crippen molar-refractivity contribution in [3.05, 3.63) is 194 Å². The molecule has 0 bridgehead atoms. The molecular weight excluding hydrogens is 669 g/mol. The lowest BCUT2D eigenvalue weighted by Crippen LogP contribution is -1.95. The number of fused-ring (bicyclic) bond motifs is 10. The summed E-state index contributed by atoms with van der Waals surface area (Å²) in [5, 5.41) is 9.65. The molecule has 0 saturated carbocycles. The van der Waals surface area contributed by atoms with Crippen LogP contribution in [0.2, 0.25) is 0 Å². The van der Waals surface area contributed by atoms with E-state index in [9.17, 15) is 0 Å². The summed E-state index contributed by atoms with van der Waals surface area (Å²) >= 11 is 0. The highest BCUT2D eigenvalue weighted by Crippen LogP contribution is 2.42. The maximum atomic E-state index is 6.53. The number of hydrogen-bond donors (Lipinski definition) is 0. The SMILES string of the molecule is c1ccc(-n2c3ccccc3c3cc(-c4ccc5c(c4)c4cc(-c6cccc7c6oc6ccccc67)ccc4n5-c4cccc5ccccc45)ccc32)cc1. The van der Waals surface area contributed by atoms with Crippen molar-refractivity contribution in [3.63, 3.8) is 0 Å². The molecule has 0 aliphatic heterocycles. The molecule has 12 aromatic rings. The Balaban J connectivity index is 1.11. The number of aromatic nitrogens is 2. The number of rotatable bonds is 4. The Labute approximate surface area is 316 Å². The molecule has 0 radical (unpaired) electrons. The van der Waals surface area contributed by atoms with Gasteiger partial charge in [0.25, 0.3) is 0 Å². The molecule has 0 aliphatic rings. The molecule has 0 N–H and O–H groups in total. The zero-order chi connectivity index (χ0) is 36.0. The fourth-order valence-corrected chi connectivity index (χ4v) is 9.02. The first-order valence-electron chi connectivity index (χ1n) is 18.8. The van der Waals surface area contributed by atoms with Gasteiger partial charge in [0.1, 0.15) is 11.2 Å². The Morgan fingerprint density at radius 2 is 0.873 bits per heavy atom. The highest BCUT2D eigenvalue weighted by atomic mass is 16.3. The largest absolute Gasteiger partial charge is 0.455 e. The molecule has 0 spiro atoms. The summed E-state index contributed by atoms with van der Waals surface area (Å²) in [5.41, 5.74) is 13.5. The minimum atomic E-state index is 0.909. The van der Waals surface area contributed by atoms with E-state index >= 15 is 0 Å². The van der Waals surface area contributed by atoms with Crippen molar-refractivity contribution >= 4 is 76.3 Å². The van der Waals surface area contributed by atoms with Crippen molar-refractivity contribution in [3.8, 4) is 33.6 Å². The van der Waals surface area contributed by atoms with Crippen LogP contribution in [0.25, 0.3) is 110 Å². The third kappa shape index (κ3) is 4.44. The summed E-state index contributed by atoms with van der Waals surface area (Å²) < 4.78 is 11.3. The normalized spacial score (nSPS) is 12.0. The van der Waals surface area contributed by atoms with Gasteiger partial charge in [0, 0.05) is 49.0 Å². The minimum Gasteiger partial charge on any atom is -0.455 e. The molecule has 55 heavy (non-hydrogen) atoms. The second kappa shape index (κ2) is 11.6. The summed E-state index contributed by atoms with van der Waals surface area (Å²) in [7, 11) is 0. The van der Waals surface area contributed by atoms with E-state index < -0.39 is 0 Å². The molecule has 0 aliphatic carbocycles. The summed E-state index contributed by atoms with van der Waals surface area (Å²) in [6.45, 7) is 0. The summed E-state index contributed by atoms with van der Waals surface area (Å²) in [4.78, 5) is 0. The zero-order valence-electron chi connectivity index (χ0n) is 29.8. The van der Waals surface area contributed by atoms with Crippen LogP contribution in [0, 0.1) is 0 Å². The van der Waals surface area contributed by atoms with E-state index in [2.05, 4.69) is 197 Å². The van der Waals surface area contributed by atoms with E-state index in [-0.39, 0.29) is 0 Å². The van der Waals surface area contributed by atoms with Crippen LogP contribution in [0.1, 0.15) is 0 Å². The Bertz CT molecular complexity index is 3480. The maximum absolute atomic E-state index is 6.53. The van der Waals surface area contributed by atoms with Crippen LogP contribution in [0.15, 0.2) is 199 Å². The third-order valence-electron chi connectivity index (χ3n) is 11.5. The van der Waals surface area contributed by atoms with Crippen molar-refractivity contribution in [2.75, 3.05) is 0 Å². The zero-order valence-corrected chi connectivity index (χ0v) is 29.8. The average molecular weight is 701 g/mol. The van der Waals surface area contributed by atoms with Crippen molar-refractivity contribution in [1.29, 1.82) is 0 Å². The third-order valence-corrected chi connectivity index (χ3v) is 11.5. The van der Waals surface area contributed by atoms with Gasteiger partial charge in [-0.2, -0.15) is 0 Å². The monoisotopic (exact) mass is 700 g/mol. The van der Waals surface area contributed by atoms with E-state index in [0.717, 1.165) is 33.1 Å². The predicted octanol–water partition coefficient (Wildman–Crippen LogP) is 14.3. The van der Waals surface area contributed by atoms with Crippen LogP contribution in [0.3, 0.4) is 0 Å². The van der Waals surface area contributed by atoms with Gasteiger partial charge in [0.15, 0.2) is 0 Å². The van der Waals surface area contributed by atoms with E-state index in [1.54, 1.807) is 0 Å². The standard InChI is InChI=1S/C52H32N2O/c1-2-14-37(15-3-1)53-47-21-8-6-17-40(47)43-30-34(24-27-48(43)53)35-25-28-49-44(31-35)45-32-36(39-19-11-20-42-41-18-7-9-23-51(41)55-52(39)42)26-29-50(45)54(49)46-22-10-13-33-12-4-5-16-38(33)46/h1-32H. The average Bonchev–Trinajstić information content (AvgIpc) is 3.91. The van der Waals surface area contributed by atoms with Crippen molar-refractivity contribution in [1.82, 2.24) is 9.13 Å². The van der Waals surface area contributed by atoms with Crippen LogP contribution in [-0.4, -0.2) is 9.13 Å². The smallest absolute Gasteiger partial charge is 0.143 e. The van der Waals surface area contributed by atoms with Crippen LogP contribution in [0.4, 0.5) is 0 Å². The molecule has 0 amide bonds. The molecular formula is C52H32N2O. The maximum Gasteiger partial charge on any atom is 0.143 e. The lowest BCUT2D eigenvalue weighted by molar-refractivity contribution is 0.670. The van der Waals surface area contributed by atoms with E-state index in [4.69, 9.17) is 4.42 Å². The molecule has 0 saturated heterocycles. The lowest BCUT2D eigenvalue weighted by Gasteiger charge is -2.12. The predicted molar refractivity (Wildman–Crippen MR) is 231 cm³/mol. The van der Waals surface area contributed by atoms with Gasteiger partial charge in [-0.1, -0.05) is 127 Å². The number of hydrogen-bond acceptors (Lipinski definition) is 1. The van der Waals surface area contributed by atoms with Crippen LogP contribution in [0.5, 0.6) is 0 Å². The quantitative estimate of drug-likeness (QED) is 0.179. The van der Waals surface area contributed by atoms with Crippen LogP contribution < -0.4 is 0 Å². The molecule has 3 heteroatoms. The molecule has 9 aromatic carbocycles. The topological polar surface area (TPSA) is 23.0 Å². The van der Waals surface area contributed by atoms with E-state index in [1.165, 1.54) is 76.9 Å². The van der Waals surface area contributed by atoms with Crippen LogP contribution in [-0.2, 0) is 0 Å². The molecule has 3 nitrogen and oxygen atoms in total. The van der Waals surface area contributed by atoms with Crippen molar-refractivity contribution in [2.24, 2.45) is 0 Å². The van der Waals surface area contributed by atoms with Gasteiger partial charge in [-0.15, -0.1) is 0 Å².